The van der Waals surface area contributed by atoms with Gasteiger partial charge in [-0.25, -0.2) is 0 Å². The Kier molecular flexibility index (Phi) is 9.42. The molecular weight excluding hydrogens is 412 g/mol. The molecule has 0 radical (unpaired) electrons. The van der Waals surface area contributed by atoms with Crippen LogP contribution in [-0.2, 0) is 4.74 Å². The molecule has 3 saturated carbocycles. The van der Waals surface area contributed by atoms with E-state index in [1.54, 1.807) is 5.57 Å². The summed E-state index contributed by atoms with van der Waals surface area (Å²) in [7, 11) is 0. The maximum absolute atomic E-state index is 10.6. The van der Waals surface area contributed by atoms with Gasteiger partial charge in [-0.15, -0.1) is 0 Å². The molecule has 0 heterocycles. The average molecular weight is 461 g/mol. The van der Waals surface area contributed by atoms with Crippen LogP contribution in [0.5, 0.6) is 0 Å². The van der Waals surface area contributed by atoms with Crippen molar-refractivity contribution in [2.45, 2.75) is 104 Å². The van der Waals surface area contributed by atoms with Crippen LogP contribution in [-0.4, -0.2) is 46.8 Å². The second-order valence-corrected chi connectivity index (χ2v) is 11.6. The molecule has 0 spiro atoms. The average Bonchev–Trinajstić information content (AvgIpc) is 3.12. The van der Waals surface area contributed by atoms with Gasteiger partial charge in [0.25, 0.3) is 0 Å². The highest BCUT2D eigenvalue weighted by molar-refractivity contribution is 5.40. The molecule has 4 heteroatoms. The van der Waals surface area contributed by atoms with E-state index in [0.29, 0.717) is 23.3 Å². The van der Waals surface area contributed by atoms with Crippen molar-refractivity contribution >= 4 is 0 Å². The van der Waals surface area contributed by atoms with Crippen molar-refractivity contribution in [3.63, 3.8) is 0 Å². The largest absolute Gasteiger partial charge is 0.394 e. The van der Waals surface area contributed by atoms with E-state index in [0.717, 1.165) is 29.7 Å². The number of fused-ring (bicyclic) bond motifs is 1. The first-order valence-electron chi connectivity index (χ1n) is 13.4. The predicted octanol–water partition coefficient (Wildman–Crippen LogP) is 5.58. The molecule has 0 saturated heterocycles. The highest BCUT2D eigenvalue weighted by Crippen LogP contribution is 2.60. The van der Waals surface area contributed by atoms with Crippen molar-refractivity contribution in [3.8, 4) is 0 Å². The fourth-order valence-electron chi connectivity index (χ4n) is 7.11. The van der Waals surface area contributed by atoms with E-state index in [1.807, 2.05) is 0 Å². The van der Waals surface area contributed by atoms with Crippen molar-refractivity contribution in [2.75, 3.05) is 13.2 Å². The molecule has 188 valence electrons. The molecule has 7 atom stereocenters. The molecule has 3 fully saturated rings. The first kappa shape index (κ1) is 26.7. The predicted molar refractivity (Wildman–Crippen MR) is 135 cm³/mol. The Labute approximate surface area is 201 Å². The molecule has 33 heavy (non-hydrogen) atoms. The zero-order valence-corrected chi connectivity index (χ0v) is 21.4. The van der Waals surface area contributed by atoms with Gasteiger partial charge in [0, 0.05) is 6.42 Å². The number of allylic oxidation sites excluding steroid dienone is 3. The third-order valence-electron chi connectivity index (χ3n) is 8.95. The topological polar surface area (TPSA) is 69.9 Å². The van der Waals surface area contributed by atoms with Gasteiger partial charge in [0.2, 0.25) is 0 Å². The zero-order chi connectivity index (χ0) is 24.2. The van der Waals surface area contributed by atoms with Crippen LogP contribution in [0.3, 0.4) is 0 Å². The summed E-state index contributed by atoms with van der Waals surface area (Å²) in [5.41, 5.74) is 3.48. The Hall–Kier alpha value is -0.940. The number of hydrogen-bond donors (Lipinski definition) is 3. The number of aliphatic hydroxyl groups excluding tert-OH is 3. The first-order valence-corrected chi connectivity index (χ1v) is 13.4. The van der Waals surface area contributed by atoms with Gasteiger partial charge in [0.05, 0.1) is 19.3 Å². The lowest BCUT2D eigenvalue weighted by molar-refractivity contribution is -0.101. The third kappa shape index (κ3) is 6.01. The van der Waals surface area contributed by atoms with Crippen LogP contribution < -0.4 is 0 Å². The molecule has 0 aromatic heterocycles. The van der Waals surface area contributed by atoms with E-state index in [2.05, 4.69) is 46.4 Å². The van der Waals surface area contributed by atoms with Crippen molar-refractivity contribution < 1.29 is 20.1 Å². The van der Waals surface area contributed by atoms with Gasteiger partial charge in [0.15, 0.2) is 0 Å². The van der Waals surface area contributed by atoms with Crippen molar-refractivity contribution in [3.05, 3.63) is 35.5 Å². The summed E-state index contributed by atoms with van der Waals surface area (Å²) in [6.07, 6.45) is 12.7. The van der Waals surface area contributed by atoms with E-state index in [9.17, 15) is 10.2 Å². The van der Waals surface area contributed by atoms with Gasteiger partial charge in [-0.2, -0.15) is 0 Å². The molecule has 3 aliphatic rings. The van der Waals surface area contributed by atoms with E-state index in [-0.39, 0.29) is 13.2 Å². The maximum atomic E-state index is 10.6. The third-order valence-corrected chi connectivity index (χ3v) is 8.95. The number of ether oxygens (including phenoxy) is 1. The normalized spacial score (nSPS) is 38.3. The second kappa shape index (κ2) is 11.7. The van der Waals surface area contributed by atoms with Crippen molar-refractivity contribution in [2.24, 2.45) is 29.1 Å². The van der Waals surface area contributed by atoms with Crippen molar-refractivity contribution in [1.29, 1.82) is 0 Å². The Balaban J connectivity index is 1.70. The zero-order valence-electron chi connectivity index (χ0n) is 21.4. The monoisotopic (exact) mass is 460 g/mol. The van der Waals surface area contributed by atoms with Gasteiger partial charge >= 0.3 is 0 Å². The molecule has 0 aromatic carbocycles. The Morgan fingerprint density at radius 3 is 2.61 bits per heavy atom. The summed E-state index contributed by atoms with van der Waals surface area (Å²) in [6, 6.07) is 0. The van der Waals surface area contributed by atoms with Gasteiger partial charge in [-0.1, -0.05) is 71.3 Å². The summed E-state index contributed by atoms with van der Waals surface area (Å²) in [6.45, 7) is 13.7. The summed E-state index contributed by atoms with van der Waals surface area (Å²) in [5, 5.41) is 30.1. The van der Waals surface area contributed by atoms with Crippen LogP contribution in [0, 0.1) is 29.1 Å². The lowest BCUT2D eigenvalue weighted by Gasteiger charge is -2.44. The minimum atomic E-state index is -0.941. The summed E-state index contributed by atoms with van der Waals surface area (Å²) in [5.74, 6) is 3.04. The molecule has 3 N–H and O–H groups in total. The smallest absolute Gasteiger partial charge is 0.114 e. The lowest BCUT2D eigenvalue weighted by atomic mass is 9.60. The summed E-state index contributed by atoms with van der Waals surface area (Å²) < 4.78 is 5.46. The minimum absolute atomic E-state index is 0.104. The highest BCUT2D eigenvalue weighted by atomic mass is 16.5. The first-order chi connectivity index (χ1) is 15.7. The molecule has 1 unspecified atom stereocenters. The molecular formula is C29H48O4. The van der Waals surface area contributed by atoms with Gasteiger partial charge in [-0.05, 0) is 72.3 Å². The fraction of sp³-hybridized carbons (Fsp3) is 0.793. The number of hydrogen-bond acceptors (Lipinski definition) is 4. The standard InChI is InChI=1S/C29H48O4/c1-19(2)8-6-9-20(3)24-13-14-25-22(10-7-15-29(24,25)5)11-12-23-18-26(31)28(33-17-16-30)27(32)21(23)4/h11-12,19-20,24-28,30-32H,4,6-10,13-18H2,1-3,5H3/b22-11?,23-12-/t20-,24-,25?,26-,27+,28+,29-/m1/s1. The molecule has 3 rings (SSSR count). The van der Waals surface area contributed by atoms with Crippen molar-refractivity contribution in [1.82, 2.24) is 0 Å². The molecule has 0 bridgehead atoms. The Morgan fingerprint density at radius 2 is 1.91 bits per heavy atom. The molecule has 4 nitrogen and oxygen atoms in total. The van der Waals surface area contributed by atoms with Gasteiger partial charge < -0.3 is 20.1 Å². The Bertz CT molecular complexity index is 723. The second-order valence-electron chi connectivity index (χ2n) is 11.6. The van der Waals surface area contributed by atoms with Gasteiger partial charge in [-0.3, -0.25) is 0 Å². The molecule has 0 aliphatic heterocycles. The lowest BCUT2D eigenvalue weighted by Crippen LogP contribution is -2.45. The summed E-state index contributed by atoms with van der Waals surface area (Å²) in [4.78, 5) is 0. The van der Waals surface area contributed by atoms with E-state index in [1.165, 1.54) is 44.9 Å². The highest BCUT2D eigenvalue weighted by Gasteiger charge is 2.50. The fourth-order valence-corrected chi connectivity index (χ4v) is 7.11. The van der Waals surface area contributed by atoms with Crippen LogP contribution in [0.1, 0.15) is 85.5 Å². The van der Waals surface area contributed by atoms with Gasteiger partial charge in [0.1, 0.15) is 12.2 Å². The molecule has 3 aliphatic carbocycles. The SMILES string of the molecule is C=C1/C(=C\C=C2CCC[C@@]3(C)C2CC[C@@H]3[C@H](C)CCCC(C)C)C[C@@H](O)[C@H](OCCO)[C@H]1O. The van der Waals surface area contributed by atoms with E-state index < -0.39 is 18.3 Å². The van der Waals surface area contributed by atoms with Crippen LogP contribution >= 0.6 is 0 Å². The van der Waals surface area contributed by atoms with Crippen LogP contribution in [0.4, 0.5) is 0 Å². The Morgan fingerprint density at radius 1 is 1.15 bits per heavy atom. The number of rotatable bonds is 9. The van der Waals surface area contributed by atoms with Crippen LogP contribution in [0.25, 0.3) is 0 Å². The van der Waals surface area contributed by atoms with Crippen LogP contribution in [0.15, 0.2) is 35.5 Å². The van der Waals surface area contributed by atoms with Crippen LogP contribution in [0.2, 0.25) is 0 Å². The van der Waals surface area contributed by atoms with E-state index in [4.69, 9.17) is 9.84 Å². The molecule has 0 aromatic rings. The quantitative estimate of drug-likeness (QED) is 0.420. The summed E-state index contributed by atoms with van der Waals surface area (Å²) >= 11 is 0. The maximum Gasteiger partial charge on any atom is 0.114 e. The molecule has 0 amide bonds. The minimum Gasteiger partial charge on any atom is -0.394 e. The number of aliphatic hydroxyl groups is 3. The van der Waals surface area contributed by atoms with E-state index >= 15 is 0 Å².